The molecule has 2 nitrogen and oxygen atoms in total. The molecule has 2 aromatic rings. The van der Waals surface area contributed by atoms with Crippen LogP contribution in [0.5, 0.6) is 5.75 Å². The van der Waals surface area contributed by atoms with Crippen molar-refractivity contribution < 1.29 is 9.53 Å². The predicted molar refractivity (Wildman–Crippen MR) is 77.6 cm³/mol. The SMILES string of the molecule is O=C(C=Cc1ccccc1)Oc1ccc(Cl)cc1Cl. The van der Waals surface area contributed by atoms with Crippen LogP contribution in [0.2, 0.25) is 10.0 Å². The van der Waals surface area contributed by atoms with E-state index in [1.165, 1.54) is 12.1 Å². The largest absolute Gasteiger partial charge is 0.422 e. The average molecular weight is 293 g/mol. The fourth-order valence-electron chi connectivity index (χ4n) is 1.43. The minimum atomic E-state index is -0.493. The molecule has 0 radical (unpaired) electrons. The van der Waals surface area contributed by atoms with E-state index in [0.717, 1.165) is 5.56 Å². The van der Waals surface area contributed by atoms with Crippen LogP contribution in [0.4, 0.5) is 0 Å². The summed E-state index contributed by atoms with van der Waals surface area (Å²) in [6.45, 7) is 0. The van der Waals surface area contributed by atoms with Crippen molar-refractivity contribution in [3.05, 3.63) is 70.2 Å². The monoisotopic (exact) mass is 292 g/mol. The van der Waals surface area contributed by atoms with Crippen molar-refractivity contribution >= 4 is 35.2 Å². The number of hydrogen-bond donors (Lipinski definition) is 0. The first-order valence-electron chi connectivity index (χ1n) is 5.55. The zero-order valence-electron chi connectivity index (χ0n) is 9.85. The maximum atomic E-state index is 11.6. The molecule has 0 aliphatic carbocycles. The van der Waals surface area contributed by atoms with E-state index < -0.39 is 5.97 Å². The van der Waals surface area contributed by atoms with Gasteiger partial charge in [0.15, 0.2) is 0 Å². The van der Waals surface area contributed by atoms with Crippen molar-refractivity contribution in [2.75, 3.05) is 0 Å². The summed E-state index contributed by atoms with van der Waals surface area (Å²) < 4.78 is 5.11. The third kappa shape index (κ3) is 4.12. The zero-order chi connectivity index (χ0) is 13.7. The molecule has 0 saturated heterocycles. The number of halogens is 2. The zero-order valence-corrected chi connectivity index (χ0v) is 11.4. The van der Waals surface area contributed by atoms with Crippen molar-refractivity contribution in [3.63, 3.8) is 0 Å². The summed E-state index contributed by atoms with van der Waals surface area (Å²) in [6.07, 6.45) is 3.02. The first kappa shape index (κ1) is 13.7. The lowest BCUT2D eigenvalue weighted by Crippen LogP contribution is -2.03. The van der Waals surface area contributed by atoms with Gasteiger partial charge < -0.3 is 4.74 Å². The molecule has 0 bridgehead atoms. The fourth-order valence-corrected chi connectivity index (χ4v) is 1.88. The van der Waals surface area contributed by atoms with E-state index in [0.29, 0.717) is 10.0 Å². The Morgan fingerprint density at radius 2 is 1.79 bits per heavy atom. The van der Waals surface area contributed by atoms with Crippen molar-refractivity contribution in [2.24, 2.45) is 0 Å². The van der Waals surface area contributed by atoms with Gasteiger partial charge in [-0.1, -0.05) is 53.5 Å². The number of hydrogen-bond acceptors (Lipinski definition) is 2. The van der Waals surface area contributed by atoms with Crippen LogP contribution in [0.3, 0.4) is 0 Å². The van der Waals surface area contributed by atoms with E-state index in [4.69, 9.17) is 27.9 Å². The van der Waals surface area contributed by atoms with E-state index in [9.17, 15) is 4.79 Å². The Morgan fingerprint density at radius 1 is 1.05 bits per heavy atom. The van der Waals surface area contributed by atoms with Gasteiger partial charge >= 0.3 is 5.97 Å². The molecule has 0 N–H and O–H groups in total. The minimum Gasteiger partial charge on any atom is -0.422 e. The molecule has 0 saturated carbocycles. The lowest BCUT2D eigenvalue weighted by Gasteiger charge is -2.03. The Morgan fingerprint density at radius 3 is 2.47 bits per heavy atom. The molecule has 0 aliphatic heterocycles. The molecule has 0 aromatic heterocycles. The topological polar surface area (TPSA) is 26.3 Å². The van der Waals surface area contributed by atoms with Crippen LogP contribution in [-0.4, -0.2) is 5.97 Å². The van der Waals surface area contributed by atoms with Crippen LogP contribution in [-0.2, 0) is 4.79 Å². The molecular formula is C15H10Cl2O2. The van der Waals surface area contributed by atoms with E-state index >= 15 is 0 Å². The molecule has 0 spiro atoms. The summed E-state index contributed by atoms with van der Waals surface area (Å²) in [4.78, 5) is 11.6. The highest BCUT2D eigenvalue weighted by atomic mass is 35.5. The smallest absolute Gasteiger partial charge is 0.336 e. The second-order valence-corrected chi connectivity index (χ2v) is 4.58. The maximum Gasteiger partial charge on any atom is 0.336 e. The highest BCUT2D eigenvalue weighted by Crippen LogP contribution is 2.27. The highest BCUT2D eigenvalue weighted by molar-refractivity contribution is 6.35. The van der Waals surface area contributed by atoms with Crippen LogP contribution in [0.25, 0.3) is 6.08 Å². The van der Waals surface area contributed by atoms with Crippen LogP contribution in [0.1, 0.15) is 5.56 Å². The van der Waals surface area contributed by atoms with Gasteiger partial charge in [0.1, 0.15) is 5.75 Å². The third-order valence-electron chi connectivity index (χ3n) is 2.32. The number of esters is 1. The lowest BCUT2D eigenvalue weighted by molar-refractivity contribution is -0.128. The molecular weight excluding hydrogens is 283 g/mol. The van der Waals surface area contributed by atoms with Gasteiger partial charge in [0.2, 0.25) is 0 Å². The summed E-state index contributed by atoms with van der Waals surface area (Å²) in [5, 5.41) is 0.790. The quantitative estimate of drug-likeness (QED) is 0.469. The van der Waals surface area contributed by atoms with Gasteiger partial charge in [-0.3, -0.25) is 0 Å². The van der Waals surface area contributed by atoms with Gasteiger partial charge in [0, 0.05) is 11.1 Å². The number of benzene rings is 2. The van der Waals surface area contributed by atoms with Crippen LogP contribution in [0, 0.1) is 0 Å². The second-order valence-electron chi connectivity index (χ2n) is 3.74. The number of carbonyl (C=O) groups is 1. The summed E-state index contributed by atoms with van der Waals surface area (Å²) in [6, 6.07) is 14.1. The van der Waals surface area contributed by atoms with Crippen molar-refractivity contribution in [1.29, 1.82) is 0 Å². The number of carbonyl (C=O) groups excluding carboxylic acids is 1. The Labute approximate surface area is 121 Å². The van der Waals surface area contributed by atoms with Crippen molar-refractivity contribution in [3.8, 4) is 5.75 Å². The van der Waals surface area contributed by atoms with E-state index in [1.54, 1.807) is 18.2 Å². The highest BCUT2D eigenvalue weighted by Gasteiger charge is 2.05. The Balaban J connectivity index is 2.04. The summed E-state index contributed by atoms with van der Waals surface area (Å²) in [5.74, 6) is -0.207. The Kier molecular flexibility index (Phi) is 4.61. The Hall–Kier alpha value is -1.77. The molecule has 0 aliphatic rings. The summed E-state index contributed by atoms with van der Waals surface area (Å²) >= 11 is 11.7. The van der Waals surface area contributed by atoms with Crippen molar-refractivity contribution in [1.82, 2.24) is 0 Å². The minimum absolute atomic E-state index is 0.286. The average Bonchev–Trinajstić information content (AvgIpc) is 2.41. The van der Waals surface area contributed by atoms with Crippen LogP contribution < -0.4 is 4.74 Å². The van der Waals surface area contributed by atoms with E-state index in [1.807, 2.05) is 30.3 Å². The molecule has 4 heteroatoms. The molecule has 19 heavy (non-hydrogen) atoms. The van der Waals surface area contributed by atoms with Gasteiger partial charge in [0.25, 0.3) is 0 Å². The van der Waals surface area contributed by atoms with Gasteiger partial charge in [-0.2, -0.15) is 0 Å². The van der Waals surface area contributed by atoms with Crippen LogP contribution in [0.15, 0.2) is 54.6 Å². The molecule has 0 atom stereocenters. The Bertz CT molecular complexity index is 607. The molecule has 2 rings (SSSR count). The van der Waals surface area contributed by atoms with Gasteiger partial charge in [-0.15, -0.1) is 0 Å². The third-order valence-corrected chi connectivity index (χ3v) is 2.85. The molecule has 2 aromatic carbocycles. The van der Waals surface area contributed by atoms with Gasteiger partial charge in [-0.25, -0.2) is 4.79 Å². The van der Waals surface area contributed by atoms with Crippen molar-refractivity contribution in [2.45, 2.75) is 0 Å². The summed E-state index contributed by atoms with van der Waals surface area (Å²) in [5.41, 5.74) is 0.918. The second kappa shape index (κ2) is 6.41. The molecule has 0 heterocycles. The van der Waals surface area contributed by atoms with Crippen LogP contribution >= 0.6 is 23.2 Å². The maximum absolute atomic E-state index is 11.6. The standard InChI is InChI=1S/C15H10Cl2O2/c16-12-7-8-14(13(17)10-12)19-15(18)9-6-11-4-2-1-3-5-11/h1-10H. The summed E-state index contributed by atoms with van der Waals surface area (Å²) in [7, 11) is 0. The van der Waals surface area contributed by atoms with E-state index in [2.05, 4.69) is 0 Å². The van der Waals surface area contributed by atoms with Gasteiger partial charge in [-0.05, 0) is 29.8 Å². The molecule has 96 valence electrons. The molecule has 0 amide bonds. The first-order valence-corrected chi connectivity index (χ1v) is 6.31. The van der Waals surface area contributed by atoms with E-state index in [-0.39, 0.29) is 5.75 Å². The lowest BCUT2D eigenvalue weighted by atomic mass is 10.2. The number of rotatable bonds is 3. The number of ether oxygens (including phenoxy) is 1. The normalized spacial score (nSPS) is 10.6. The van der Waals surface area contributed by atoms with Gasteiger partial charge in [0.05, 0.1) is 5.02 Å². The molecule has 0 fully saturated rings. The fraction of sp³-hybridized carbons (Fsp3) is 0. The predicted octanol–water partition coefficient (Wildman–Crippen LogP) is 4.61. The first-order chi connectivity index (χ1) is 9.15. The molecule has 0 unspecified atom stereocenters.